The molecule has 18 heteroatoms. The van der Waals surface area contributed by atoms with Crippen LogP contribution in [0.5, 0.6) is 11.5 Å². The van der Waals surface area contributed by atoms with Gasteiger partial charge in [-0.3, -0.25) is 39.0 Å². The van der Waals surface area contributed by atoms with Crippen LogP contribution in [0.15, 0.2) is 79.0 Å². The molecule has 0 aliphatic carbocycles. The average molecular weight is 939 g/mol. The largest absolute Gasteiger partial charge is 0.507 e. The minimum atomic E-state index is -1.02. The van der Waals surface area contributed by atoms with Gasteiger partial charge in [-0.25, -0.2) is 0 Å². The number of para-hydroxylation sites is 1. The Morgan fingerprint density at radius 1 is 0.783 bits per heavy atom. The highest BCUT2D eigenvalue weighted by molar-refractivity contribution is 6.25. The predicted molar refractivity (Wildman–Crippen MR) is 262 cm³/mol. The molecular formula is C51H62N12O6. The molecule has 4 amide bonds. The summed E-state index contributed by atoms with van der Waals surface area (Å²) in [7, 11) is 0. The Morgan fingerprint density at radius 3 is 2.25 bits per heavy atom. The van der Waals surface area contributed by atoms with Gasteiger partial charge in [-0.1, -0.05) is 55.5 Å². The number of nitrogens with one attached hydrogen (secondary N) is 2. The van der Waals surface area contributed by atoms with Gasteiger partial charge in [-0.15, -0.1) is 15.3 Å². The predicted octanol–water partition coefficient (Wildman–Crippen LogP) is 6.20. The molecule has 3 fully saturated rings. The molecule has 18 nitrogen and oxygen atoms in total. The van der Waals surface area contributed by atoms with Gasteiger partial charge in [-0.2, -0.15) is 0 Å². The number of hydrogen-bond donors (Lipinski definition) is 4. The second kappa shape index (κ2) is 21.5. The lowest BCUT2D eigenvalue weighted by molar-refractivity contribution is -0.136. The Hall–Kier alpha value is -7.08. The van der Waals surface area contributed by atoms with E-state index in [0.29, 0.717) is 28.4 Å². The minimum Gasteiger partial charge on any atom is -0.507 e. The standard InChI is InChI=1S/C51H62N12O6/c1-34(53-40-16-11-15-39-47(40)51(68)63(50(39)67)43-22-23-46(65)54-49(43)66)42-33-62(58-56-42)26-10-6-4-2-3-5-9-24-59-27-29-60(30-28-59)35-18-20-36(21-19-35)61-25-12-13-37(32-61)69-45-31-41(55-57-48(45)52)38-14-7-8-17-44(38)64/h7-8,11,14-21,31,33-34,37,43,53,64H,2-6,9-10,12-13,22-30,32H2,1H3,(H2,52,57)(H,54,65,66)/t34?,37-,43?/m0/s1. The zero-order valence-corrected chi connectivity index (χ0v) is 39.3. The molecule has 69 heavy (non-hydrogen) atoms. The van der Waals surface area contributed by atoms with E-state index >= 15 is 0 Å². The third kappa shape index (κ3) is 11.0. The van der Waals surface area contributed by atoms with Crippen LogP contribution in [0, 0.1) is 0 Å². The summed E-state index contributed by atoms with van der Waals surface area (Å²) in [6.45, 7) is 9.74. The molecule has 4 aliphatic rings. The Balaban J connectivity index is 0.635. The molecule has 3 aromatic carbocycles. The molecule has 0 radical (unpaired) electrons. The van der Waals surface area contributed by atoms with Crippen molar-refractivity contribution in [3.8, 4) is 22.8 Å². The van der Waals surface area contributed by atoms with Gasteiger partial charge in [0.2, 0.25) is 11.8 Å². The lowest BCUT2D eigenvalue weighted by Gasteiger charge is -2.37. The monoisotopic (exact) mass is 938 g/mol. The molecule has 6 heterocycles. The number of amides is 4. The van der Waals surface area contributed by atoms with Gasteiger partial charge < -0.3 is 30.7 Å². The SMILES string of the molecule is CC(Nc1cccc2c1C(=O)N(C1CCC(=O)NC1=O)C2=O)c1cn(CCCCCCCCCN2CCN(c3ccc(N4CCC[C@H](Oc5cc(-c6ccccc6O)nnc5N)C4)cc3)CC2)nn1. The van der Waals surface area contributed by atoms with Crippen molar-refractivity contribution in [1.82, 2.24) is 40.3 Å². The third-order valence-electron chi connectivity index (χ3n) is 13.8. The summed E-state index contributed by atoms with van der Waals surface area (Å²) in [6.07, 6.45) is 12.2. The highest BCUT2D eigenvalue weighted by atomic mass is 16.5. The maximum atomic E-state index is 13.5. The van der Waals surface area contributed by atoms with Crippen LogP contribution in [-0.4, -0.2) is 122 Å². The van der Waals surface area contributed by atoms with Gasteiger partial charge in [0.15, 0.2) is 11.6 Å². The van der Waals surface area contributed by atoms with E-state index in [1.165, 1.54) is 43.5 Å². The van der Waals surface area contributed by atoms with E-state index in [-0.39, 0.29) is 47.7 Å². The molecule has 0 spiro atoms. The number of piperazine rings is 1. The number of nitrogen functional groups attached to an aromatic ring is 1. The van der Waals surface area contributed by atoms with E-state index in [9.17, 15) is 24.3 Å². The number of imide groups is 2. The number of piperidine rings is 2. The Labute approximate surface area is 402 Å². The molecule has 9 rings (SSSR count). The molecule has 3 saturated heterocycles. The van der Waals surface area contributed by atoms with Crippen LogP contribution in [0.3, 0.4) is 0 Å². The second-order valence-corrected chi connectivity index (χ2v) is 18.6. The number of aromatic hydroxyl groups is 1. The molecule has 362 valence electrons. The fourth-order valence-corrected chi connectivity index (χ4v) is 9.91. The average Bonchev–Trinajstić information content (AvgIpc) is 3.94. The van der Waals surface area contributed by atoms with Gasteiger partial charge >= 0.3 is 0 Å². The zero-order chi connectivity index (χ0) is 47.9. The summed E-state index contributed by atoms with van der Waals surface area (Å²) in [5.41, 5.74) is 11.4. The van der Waals surface area contributed by atoms with Crippen LogP contribution in [0.25, 0.3) is 11.3 Å². The van der Waals surface area contributed by atoms with Gasteiger partial charge in [-0.05, 0) is 94.1 Å². The van der Waals surface area contributed by atoms with E-state index < -0.39 is 29.7 Å². The van der Waals surface area contributed by atoms with Crippen LogP contribution in [0.1, 0.15) is 110 Å². The summed E-state index contributed by atoms with van der Waals surface area (Å²) in [5.74, 6) is -1.28. The summed E-state index contributed by atoms with van der Waals surface area (Å²) < 4.78 is 8.25. The fraction of sp³-hybridized carbons (Fsp3) is 0.451. The van der Waals surface area contributed by atoms with Gasteiger partial charge in [0.1, 0.15) is 29.3 Å². The summed E-state index contributed by atoms with van der Waals surface area (Å²) in [4.78, 5) is 59.4. The number of phenols is 1. The van der Waals surface area contributed by atoms with Crippen molar-refractivity contribution in [3.05, 3.63) is 95.8 Å². The molecule has 3 atom stereocenters. The number of carbonyl (C=O) groups is 4. The van der Waals surface area contributed by atoms with E-state index in [2.05, 4.69) is 70.1 Å². The number of phenolic OH excluding ortho intramolecular Hbond substituents is 1. The Bertz CT molecular complexity index is 2630. The molecule has 2 aromatic heterocycles. The van der Waals surface area contributed by atoms with E-state index in [1.54, 1.807) is 42.5 Å². The van der Waals surface area contributed by atoms with E-state index in [1.807, 2.05) is 23.9 Å². The Morgan fingerprint density at radius 2 is 1.49 bits per heavy atom. The normalized spacial score (nSPS) is 19.2. The minimum absolute atomic E-state index is 0.0508. The smallest absolute Gasteiger partial charge is 0.264 e. The number of aromatic nitrogens is 5. The van der Waals surface area contributed by atoms with E-state index in [4.69, 9.17) is 10.5 Å². The second-order valence-electron chi connectivity index (χ2n) is 18.6. The molecule has 0 saturated carbocycles. The molecular weight excluding hydrogens is 877 g/mol. The number of nitrogens with zero attached hydrogens (tertiary/aromatic N) is 9. The number of rotatable bonds is 19. The highest BCUT2D eigenvalue weighted by Crippen LogP contribution is 2.35. The van der Waals surface area contributed by atoms with Crippen molar-refractivity contribution >= 4 is 46.5 Å². The van der Waals surface area contributed by atoms with Crippen molar-refractivity contribution in [3.63, 3.8) is 0 Å². The van der Waals surface area contributed by atoms with Crippen molar-refractivity contribution in [2.45, 2.75) is 102 Å². The van der Waals surface area contributed by atoms with Crippen LogP contribution in [0.4, 0.5) is 22.9 Å². The number of unbranched alkanes of at least 4 members (excludes halogenated alkanes) is 6. The lowest BCUT2D eigenvalue weighted by atomic mass is 10.0. The van der Waals surface area contributed by atoms with Crippen molar-refractivity contribution < 1.29 is 29.0 Å². The summed E-state index contributed by atoms with van der Waals surface area (Å²) in [6, 6.07) is 21.5. The zero-order valence-electron chi connectivity index (χ0n) is 39.3. The summed E-state index contributed by atoms with van der Waals surface area (Å²) in [5, 5.41) is 32.9. The molecule has 5 aromatic rings. The number of aryl methyl sites for hydroxylation is 1. The molecule has 0 bridgehead atoms. The third-order valence-corrected chi connectivity index (χ3v) is 13.8. The van der Waals surface area contributed by atoms with Gasteiger partial charge in [0, 0.05) is 74.4 Å². The fourth-order valence-electron chi connectivity index (χ4n) is 9.91. The van der Waals surface area contributed by atoms with E-state index in [0.717, 1.165) is 82.9 Å². The number of benzene rings is 3. The molecule has 2 unspecified atom stereocenters. The number of carbonyl (C=O) groups excluding carboxylic acids is 4. The van der Waals surface area contributed by atoms with Crippen molar-refractivity contribution in [1.29, 1.82) is 0 Å². The number of hydrogen-bond acceptors (Lipinski definition) is 15. The van der Waals surface area contributed by atoms with Crippen LogP contribution < -0.4 is 30.9 Å². The number of nitrogens with two attached hydrogens (primary N) is 1. The van der Waals surface area contributed by atoms with Gasteiger partial charge in [0.05, 0.1) is 29.9 Å². The van der Waals surface area contributed by atoms with Gasteiger partial charge in [0.25, 0.3) is 11.8 Å². The summed E-state index contributed by atoms with van der Waals surface area (Å²) >= 11 is 0. The first-order valence-electron chi connectivity index (χ1n) is 24.5. The van der Waals surface area contributed by atoms with Crippen LogP contribution >= 0.6 is 0 Å². The first-order chi connectivity index (χ1) is 33.6. The molecule has 4 aliphatic heterocycles. The first-order valence-corrected chi connectivity index (χ1v) is 24.5. The maximum Gasteiger partial charge on any atom is 0.264 e. The lowest BCUT2D eigenvalue weighted by Crippen LogP contribution is -2.54. The van der Waals surface area contributed by atoms with Crippen molar-refractivity contribution in [2.24, 2.45) is 0 Å². The number of anilines is 4. The first kappa shape index (κ1) is 47.0. The van der Waals surface area contributed by atoms with Crippen LogP contribution in [0.2, 0.25) is 0 Å². The Kier molecular flexibility index (Phi) is 14.6. The van der Waals surface area contributed by atoms with Crippen LogP contribution in [-0.2, 0) is 16.1 Å². The number of ether oxygens (including phenoxy) is 1. The van der Waals surface area contributed by atoms with Crippen molar-refractivity contribution in [2.75, 3.05) is 66.7 Å². The topological polar surface area (TPSA) is 217 Å². The quantitative estimate of drug-likeness (QED) is 0.0536. The highest BCUT2D eigenvalue weighted by Gasteiger charge is 2.45. The maximum absolute atomic E-state index is 13.5. The number of fused-ring (bicyclic) bond motifs is 1. The molecule has 5 N–H and O–H groups in total.